The van der Waals surface area contributed by atoms with Gasteiger partial charge in [0.1, 0.15) is 24.0 Å². The van der Waals surface area contributed by atoms with Crippen LogP contribution in [0, 0.1) is 18.6 Å². The number of benzene rings is 1. The Bertz CT molecular complexity index is 597. The van der Waals surface area contributed by atoms with Crippen molar-refractivity contribution in [1.82, 2.24) is 10.3 Å². The average molecular weight is 292 g/mol. The molecule has 0 saturated carbocycles. The maximum absolute atomic E-state index is 13.1. The molecule has 0 amide bonds. The molecule has 0 aliphatic carbocycles. The van der Waals surface area contributed by atoms with E-state index < -0.39 is 11.6 Å². The van der Waals surface area contributed by atoms with Gasteiger partial charge >= 0.3 is 0 Å². The highest BCUT2D eigenvalue weighted by Gasteiger charge is 2.07. The lowest BCUT2D eigenvalue weighted by Gasteiger charge is -2.12. The Labute approximate surface area is 123 Å². The van der Waals surface area contributed by atoms with Gasteiger partial charge in [0.25, 0.3) is 0 Å². The highest BCUT2D eigenvalue weighted by molar-refractivity contribution is 5.30. The number of hydrogen-bond donors (Lipinski definition) is 1. The van der Waals surface area contributed by atoms with Crippen LogP contribution in [0.1, 0.15) is 23.9 Å². The van der Waals surface area contributed by atoms with E-state index in [1.54, 1.807) is 0 Å². The lowest BCUT2D eigenvalue weighted by atomic mass is 10.2. The number of rotatable bonds is 6. The maximum Gasteiger partial charge on any atom is 0.142 e. The molecule has 3 nitrogen and oxygen atoms in total. The number of pyridine rings is 1. The normalized spacial score (nSPS) is 10.7. The van der Waals surface area contributed by atoms with E-state index in [0.717, 1.165) is 24.0 Å². The molecule has 0 radical (unpaired) electrons. The molecule has 2 aromatic rings. The Kier molecular flexibility index (Phi) is 5.22. The Morgan fingerprint density at radius 1 is 1.14 bits per heavy atom. The van der Waals surface area contributed by atoms with Crippen LogP contribution < -0.4 is 10.1 Å². The summed E-state index contributed by atoms with van der Waals surface area (Å²) >= 11 is 0. The van der Waals surface area contributed by atoms with Crippen LogP contribution in [-0.4, -0.2) is 11.5 Å². The standard InChI is InChI=1S/C16H18F2N2O/c1-3-19-9-15-16(5-4-11(2)20-15)21-10-12-6-13(17)8-14(18)7-12/h4-8,19H,3,9-10H2,1-2H3. The van der Waals surface area contributed by atoms with Crippen molar-refractivity contribution in [3.8, 4) is 5.75 Å². The second kappa shape index (κ2) is 7.13. The molecule has 0 bridgehead atoms. The van der Waals surface area contributed by atoms with Gasteiger partial charge in [0, 0.05) is 18.3 Å². The number of aromatic nitrogens is 1. The van der Waals surface area contributed by atoms with Crippen LogP contribution >= 0.6 is 0 Å². The predicted molar refractivity (Wildman–Crippen MR) is 77.0 cm³/mol. The van der Waals surface area contributed by atoms with Crippen LogP contribution in [0.15, 0.2) is 30.3 Å². The molecule has 2 rings (SSSR count). The van der Waals surface area contributed by atoms with Crippen LogP contribution in [-0.2, 0) is 13.2 Å². The molecule has 21 heavy (non-hydrogen) atoms. The van der Waals surface area contributed by atoms with Gasteiger partial charge in [-0.15, -0.1) is 0 Å². The zero-order valence-corrected chi connectivity index (χ0v) is 12.1. The van der Waals surface area contributed by atoms with E-state index in [1.807, 2.05) is 26.0 Å². The molecule has 1 aromatic carbocycles. The molecule has 0 aliphatic heterocycles. The van der Waals surface area contributed by atoms with E-state index in [0.29, 0.717) is 17.9 Å². The van der Waals surface area contributed by atoms with Crippen molar-refractivity contribution < 1.29 is 13.5 Å². The summed E-state index contributed by atoms with van der Waals surface area (Å²) in [7, 11) is 0. The molecule has 0 aliphatic rings. The first-order valence-corrected chi connectivity index (χ1v) is 6.83. The van der Waals surface area contributed by atoms with Crippen molar-refractivity contribution in [2.24, 2.45) is 0 Å². The molecule has 0 fully saturated rings. The quantitative estimate of drug-likeness (QED) is 0.886. The second-order valence-corrected chi connectivity index (χ2v) is 4.74. The first kappa shape index (κ1) is 15.4. The first-order valence-electron chi connectivity index (χ1n) is 6.83. The molecule has 0 saturated heterocycles. The first-order chi connectivity index (χ1) is 10.1. The van der Waals surface area contributed by atoms with Gasteiger partial charge in [0.05, 0.1) is 5.69 Å². The van der Waals surface area contributed by atoms with Gasteiger partial charge in [0.2, 0.25) is 0 Å². The number of nitrogens with one attached hydrogen (secondary N) is 1. The summed E-state index contributed by atoms with van der Waals surface area (Å²) in [5.41, 5.74) is 2.13. The van der Waals surface area contributed by atoms with Gasteiger partial charge in [-0.2, -0.15) is 0 Å². The van der Waals surface area contributed by atoms with Gasteiger partial charge < -0.3 is 10.1 Å². The Hall–Kier alpha value is -2.01. The molecule has 0 atom stereocenters. The molecular weight excluding hydrogens is 274 g/mol. The number of halogens is 2. The largest absolute Gasteiger partial charge is 0.487 e. The minimum absolute atomic E-state index is 0.0958. The van der Waals surface area contributed by atoms with Crippen LogP contribution in [0.2, 0.25) is 0 Å². The summed E-state index contributed by atoms with van der Waals surface area (Å²) in [6, 6.07) is 7.03. The van der Waals surface area contributed by atoms with Gasteiger partial charge in [0.15, 0.2) is 0 Å². The Balaban J connectivity index is 2.11. The maximum atomic E-state index is 13.1. The van der Waals surface area contributed by atoms with E-state index >= 15 is 0 Å². The van der Waals surface area contributed by atoms with E-state index in [4.69, 9.17) is 4.74 Å². The minimum Gasteiger partial charge on any atom is -0.487 e. The monoisotopic (exact) mass is 292 g/mol. The van der Waals surface area contributed by atoms with Crippen molar-refractivity contribution in [3.05, 3.63) is 58.9 Å². The summed E-state index contributed by atoms with van der Waals surface area (Å²) in [5.74, 6) is -0.599. The van der Waals surface area contributed by atoms with Gasteiger partial charge in [-0.1, -0.05) is 6.92 Å². The zero-order chi connectivity index (χ0) is 15.2. The van der Waals surface area contributed by atoms with Crippen molar-refractivity contribution >= 4 is 0 Å². The average Bonchev–Trinajstić information content (AvgIpc) is 2.43. The predicted octanol–water partition coefficient (Wildman–Crippen LogP) is 3.36. The van der Waals surface area contributed by atoms with Crippen LogP contribution in [0.5, 0.6) is 5.75 Å². The van der Waals surface area contributed by atoms with Crippen molar-refractivity contribution in [1.29, 1.82) is 0 Å². The number of aryl methyl sites for hydroxylation is 1. The number of hydrogen-bond acceptors (Lipinski definition) is 3. The molecular formula is C16H18F2N2O. The van der Waals surface area contributed by atoms with Gasteiger partial charge in [-0.25, -0.2) is 8.78 Å². The van der Waals surface area contributed by atoms with Crippen LogP contribution in [0.25, 0.3) is 0 Å². The van der Waals surface area contributed by atoms with E-state index in [-0.39, 0.29) is 6.61 Å². The molecule has 1 aromatic heterocycles. The lowest BCUT2D eigenvalue weighted by molar-refractivity contribution is 0.299. The smallest absolute Gasteiger partial charge is 0.142 e. The summed E-state index contributed by atoms with van der Waals surface area (Å²) in [6.45, 7) is 5.42. The minimum atomic E-state index is -0.608. The number of nitrogens with zero attached hydrogens (tertiary/aromatic N) is 1. The van der Waals surface area contributed by atoms with Crippen molar-refractivity contribution in [3.63, 3.8) is 0 Å². The summed E-state index contributed by atoms with van der Waals surface area (Å²) in [4.78, 5) is 4.42. The molecule has 1 heterocycles. The topological polar surface area (TPSA) is 34.2 Å². The van der Waals surface area contributed by atoms with Crippen LogP contribution in [0.3, 0.4) is 0 Å². The third kappa shape index (κ3) is 4.49. The molecule has 1 N–H and O–H groups in total. The van der Waals surface area contributed by atoms with Crippen molar-refractivity contribution in [2.45, 2.75) is 27.0 Å². The second-order valence-electron chi connectivity index (χ2n) is 4.74. The van der Waals surface area contributed by atoms with Crippen molar-refractivity contribution in [2.75, 3.05) is 6.54 Å². The number of ether oxygens (including phenoxy) is 1. The zero-order valence-electron chi connectivity index (χ0n) is 12.1. The summed E-state index contributed by atoms with van der Waals surface area (Å²) < 4.78 is 31.9. The highest BCUT2D eigenvalue weighted by Crippen LogP contribution is 2.19. The SMILES string of the molecule is CCNCc1nc(C)ccc1OCc1cc(F)cc(F)c1. The fourth-order valence-corrected chi connectivity index (χ4v) is 1.95. The molecule has 0 unspecified atom stereocenters. The third-order valence-electron chi connectivity index (χ3n) is 2.93. The van der Waals surface area contributed by atoms with E-state index in [1.165, 1.54) is 12.1 Å². The molecule has 112 valence electrons. The van der Waals surface area contributed by atoms with Gasteiger partial charge in [-0.3, -0.25) is 4.98 Å². The fourth-order valence-electron chi connectivity index (χ4n) is 1.95. The highest BCUT2D eigenvalue weighted by atomic mass is 19.1. The van der Waals surface area contributed by atoms with E-state index in [2.05, 4.69) is 10.3 Å². The fraction of sp³-hybridized carbons (Fsp3) is 0.312. The van der Waals surface area contributed by atoms with E-state index in [9.17, 15) is 8.78 Å². The lowest BCUT2D eigenvalue weighted by Crippen LogP contribution is -2.14. The van der Waals surface area contributed by atoms with Gasteiger partial charge in [-0.05, 0) is 43.3 Å². The summed E-state index contributed by atoms with van der Waals surface area (Å²) in [6.07, 6.45) is 0. The van der Waals surface area contributed by atoms with Crippen LogP contribution in [0.4, 0.5) is 8.78 Å². The summed E-state index contributed by atoms with van der Waals surface area (Å²) in [5, 5.41) is 3.19. The molecule has 0 spiro atoms. The Morgan fingerprint density at radius 2 is 1.86 bits per heavy atom. The Morgan fingerprint density at radius 3 is 2.52 bits per heavy atom. The third-order valence-corrected chi connectivity index (χ3v) is 2.93. The molecule has 5 heteroatoms.